The molecule has 3 N–H and O–H groups in total. The third kappa shape index (κ3) is 4.04. The number of nitrogens with two attached hydrogens (primary N) is 1. The van der Waals surface area contributed by atoms with E-state index in [1.54, 1.807) is 6.07 Å². The van der Waals surface area contributed by atoms with Crippen molar-refractivity contribution in [2.24, 2.45) is 11.7 Å². The van der Waals surface area contributed by atoms with Gasteiger partial charge in [-0.3, -0.25) is 9.59 Å². The van der Waals surface area contributed by atoms with Gasteiger partial charge in [0.2, 0.25) is 5.91 Å². The van der Waals surface area contributed by atoms with Crippen LogP contribution in [0.3, 0.4) is 0 Å². The Bertz CT molecular complexity index is 1080. The van der Waals surface area contributed by atoms with E-state index in [0.29, 0.717) is 12.2 Å². The monoisotopic (exact) mass is 389 g/mol. The molecule has 4 rings (SSSR count). The molecule has 0 radical (unpaired) electrons. The maximum atomic E-state index is 12.1. The zero-order chi connectivity index (χ0) is 20.8. The predicted molar refractivity (Wildman–Crippen MR) is 116 cm³/mol. The minimum absolute atomic E-state index is 0.0674. The maximum Gasteiger partial charge on any atom is 0.265 e. The molecule has 0 aliphatic heterocycles. The standard InChI is InChI=1S/C24H27N3O2/c1-24(2,3)18-8-4-15(5-9-18)14-27-20-11-10-19(26-23(29)16-6-7-16)12-17(20)13-21(27)22(25)28/h4-5,8-13,16H,6-7,14H2,1-3H3,(H2,25,28)(H,26,29). The predicted octanol–water partition coefficient (Wildman–Crippen LogP) is 4.43. The molecule has 0 spiro atoms. The Morgan fingerprint density at radius 1 is 1.07 bits per heavy atom. The second-order valence-electron chi connectivity index (χ2n) is 8.96. The number of benzene rings is 2. The van der Waals surface area contributed by atoms with E-state index in [1.807, 2.05) is 22.8 Å². The molecule has 2 amide bonds. The lowest BCUT2D eigenvalue weighted by atomic mass is 9.87. The number of anilines is 1. The molecule has 3 aromatic rings. The largest absolute Gasteiger partial charge is 0.364 e. The van der Waals surface area contributed by atoms with Gasteiger partial charge < -0.3 is 15.6 Å². The Kier molecular flexibility index (Phi) is 4.69. The lowest BCUT2D eigenvalue weighted by Gasteiger charge is -2.19. The number of hydrogen-bond donors (Lipinski definition) is 2. The topological polar surface area (TPSA) is 77.1 Å². The summed E-state index contributed by atoms with van der Waals surface area (Å²) in [6.45, 7) is 7.12. The van der Waals surface area contributed by atoms with Crippen LogP contribution in [-0.4, -0.2) is 16.4 Å². The molecule has 0 unspecified atom stereocenters. The summed E-state index contributed by atoms with van der Waals surface area (Å²) >= 11 is 0. The van der Waals surface area contributed by atoms with Crippen LogP contribution in [0.25, 0.3) is 10.9 Å². The van der Waals surface area contributed by atoms with Crippen molar-refractivity contribution < 1.29 is 9.59 Å². The Morgan fingerprint density at radius 2 is 1.76 bits per heavy atom. The van der Waals surface area contributed by atoms with Crippen molar-refractivity contribution in [2.45, 2.75) is 45.6 Å². The van der Waals surface area contributed by atoms with Crippen LogP contribution in [0.1, 0.15) is 55.2 Å². The first-order valence-corrected chi connectivity index (χ1v) is 10.1. The van der Waals surface area contributed by atoms with Crippen molar-refractivity contribution in [1.29, 1.82) is 0 Å². The van der Waals surface area contributed by atoms with Crippen LogP contribution in [-0.2, 0) is 16.8 Å². The van der Waals surface area contributed by atoms with E-state index in [1.165, 1.54) is 5.56 Å². The zero-order valence-corrected chi connectivity index (χ0v) is 17.2. The normalized spacial score (nSPS) is 14.2. The number of amides is 2. The van der Waals surface area contributed by atoms with Gasteiger partial charge >= 0.3 is 0 Å². The third-order valence-electron chi connectivity index (χ3n) is 5.53. The zero-order valence-electron chi connectivity index (χ0n) is 17.2. The van der Waals surface area contributed by atoms with Crippen LogP contribution in [0.15, 0.2) is 48.5 Å². The fourth-order valence-corrected chi connectivity index (χ4v) is 3.61. The SMILES string of the molecule is CC(C)(C)c1ccc(Cn2c(C(N)=O)cc3cc(NC(=O)C4CC4)ccc32)cc1. The Morgan fingerprint density at radius 3 is 2.34 bits per heavy atom. The Balaban J connectivity index is 1.66. The Labute approximate surface area is 170 Å². The van der Waals surface area contributed by atoms with Crippen LogP contribution >= 0.6 is 0 Å². The average molecular weight is 389 g/mol. The number of rotatable bonds is 5. The van der Waals surface area contributed by atoms with E-state index in [9.17, 15) is 9.59 Å². The molecule has 1 aromatic heterocycles. The van der Waals surface area contributed by atoms with Gasteiger partial charge in [-0.05, 0) is 53.6 Å². The molecule has 2 aromatic carbocycles. The van der Waals surface area contributed by atoms with Gasteiger partial charge in [0.1, 0.15) is 5.69 Å². The fourth-order valence-electron chi connectivity index (χ4n) is 3.61. The minimum atomic E-state index is -0.462. The van der Waals surface area contributed by atoms with Crippen LogP contribution in [0.4, 0.5) is 5.69 Å². The van der Waals surface area contributed by atoms with Crippen LogP contribution in [0.2, 0.25) is 0 Å². The molecule has 1 heterocycles. The average Bonchev–Trinajstić information content (AvgIpc) is 3.45. The summed E-state index contributed by atoms with van der Waals surface area (Å²) in [6, 6.07) is 16.0. The highest BCUT2D eigenvalue weighted by atomic mass is 16.2. The van der Waals surface area contributed by atoms with Gasteiger partial charge in [0, 0.05) is 29.1 Å². The molecule has 0 atom stereocenters. The van der Waals surface area contributed by atoms with E-state index in [4.69, 9.17) is 5.73 Å². The number of nitrogens with zero attached hydrogens (tertiary/aromatic N) is 1. The molecule has 1 fully saturated rings. The summed E-state index contributed by atoms with van der Waals surface area (Å²) in [5, 5.41) is 3.85. The molecule has 5 nitrogen and oxygen atoms in total. The van der Waals surface area contributed by atoms with Gasteiger partial charge in [-0.15, -0.1) is 0 Å². The molecule has 29 heavy (non-hydrogen) atoms. The molecule has 0 saturated heterocycles. The number of fused-ring (bicyclic) bond motifs is 1. The third-order valence-corrected chi connectivity index (χ3v) is 5.53. The molecular weight excluding hydrogens is 362 g/mol. The lowest BCUT2D eigenvalue weighted by molar-refractivity contribution is -0.117. The van der Waals surface area contributed by atoms with Gasteiger partial charge in [0.15, 0.2) is 0 Å². The van der Waals surface area contributed by atoms with Crippen molar-refractivity contribution in [3.05, 3.63) is 65.4 Å². The maximum absolute atomic E-state index is 12.1. The molecule has 0 bridgehead atoms. The summed E-state index contributed by atoms with van der Waals surface area (Å²) in [6.07, 6.45) is 1.93. The second kappa shape index (κ2) is 7.07. The van der Waals surface area contributed by atoms with Crippen molar-refractivity contribution in [1.82, 2.24) is 4.57 Å². The van der Waals surface area contributed by atoms with Crippen LogP contribution < -0.4 is 11.1 Å². The van der Waals surface area contributed by atoms with Gasteiger partial charge in [0.25, 0.3) is 5.91 Å². The van der Waals surface area contributed by atoms with Crippen molar-refractivity contribution in [3.63, 3.8) is 0 Å². The first-order chi connectivity index (χ1) is 13.7. The molecule has 1 saturated carbocycles. The van der Waals surface area contributed by atoms with E-state index in [0.717, 1.165) is 35.0 Å². The molecule has 1 aliphatic rings. The van der Waals surface area contributed by atoms with E-state index >= 15 is 0 Å². The van der Waals surface area contributed by atoms with Gasteiger partial charge in [-0.25, -0.2) is 0 Å². The highest BCUT2D eigenvalue weighted by molar-refractivity contribution is 6.00. The second-order valence-corrected chi connectivity index (χ2v) is 8.96. The number of primary amides is 1. The smallest absolute Gasteiger partial charge is 0.265 e. The molecule has 1 aliphatic carbocycles. The van der Waals surface area contributed by atoms with Crippen LogP contribution in [0.5, 0.6) is 0 Å². The molecular formula is C24H27N3O2. The van der Waals surface area contributed by atoms with Crippen molar-refractivity contribution in [3.8, 4) is 0 Å². The summed E-state index contributed by atoms with van der Waals surface area (Å²) in [5.74, 6) is -0.249. The number of carbonyl (C=O) groups is 2. The van der Waals surface area contributed by atoms with Crippen molar-refractivity contribution >= 4 is 28.4 Å². The number of aromatic nitrogens is 1. The first kappa shape index (κ1) is 19.2. The highest BCUT2D eigenvalue weighted by Crippen LogP contribution is 2.31. The van der Waals surface area contributed by atoms with E-state index in [2.05, 4.69) is 50.4 Å². The highest BCUT2D eigenvalue weighted by Gasteiger charge is 2.29. The van der Waals surface area contributed by atoms with Crippen molar-refractivity contribution in [2.75, 3.05) is 5.32 Å². The summed E-state index contributed by atoms with van der Waals surface area (Å²) in [4.78, 5) is 24.1. The summed E-state index contributed by atoms with van der Waals surface area (Å²) in [5.41, 5.74) is 10.2. The lowest BCUT2D eigenvalue weighted by Crippen LogP contribution is -2.17. The quantitative estimate of drug-likeness (QED) is 0.677. The number of nitrogens with one attached hydrogen (secondary N) is 1. The minimum Gasteiger partial charge on any atom is -0.364 e. The summed E-state index contributed by atoms with van der Waals surface area (Å²) < 4.78 is 1.94. The molecule has 150 valence electrons. The number of carbonyl (C=O) groups excluding carboxylic acids is 2. The van der Waals surface area contributed by atoms with E-state index < -0.39 is 5.91 Å². The van der Waals surface area contributed by atoms with Gasteiger partial charge in [-0.2, -0.15) is 0 Å². The fraction of sp³-hybridized carbons (Fsp3) is 0.333. The van der Waals surface area contributed by atoms with Crippen LogP contribution in [0, 0.1) is 5.92 Å². The van der Waals surface area contributed by atoms with Gasteiger partial charge in [-0.1, -0.05) is 45.0 Å². The van der Waals surface area contributed by atoms with Gasteiger partial charge in [0.05, 0.1) is 0 Å². The summed E-state index contributed by atoms with van der Waals surface area (Å²) in [7, 11) is 0. The van der Waals surface area contributed by atoms with E-state index in [-0.39, 0.29) is 17.2 Å². The Hall–Kier alpha value is -3.08. The first-order valence-electron chi connectivity index (χ1n) is 10.1. The number of hydrogen-bond acceptors (Lipinski definition) is 2. The molecule has 5 heteroatoms.